The normalized spacial score (nSPS) is 27.9. The Kier molecular flexibility index (Phi) is 4.60. The second-order valence-corrected chi connectivity index (χ2v) is 8.19. The molecule has 3 heterocycles. The molecule has 3 aliphatic heterocycles. The van der Waals surface area contributed by atoms with Crippen molar-refractivity contribution in [3.05, 3.63) is 29.8 Å². The van der Waals surface area contributed by atoms with E-state index in [1.165, 1.54) is 0 Å². The van der Waals surface area contributed by atoms with Gasteiger partial charge in [-0.25, -0.2) is 4.79 Å². The highest BCUT2D eigenvalue weighted by molar-refractivity contribution is 5.95. The molecule has 0 bridgehead atoms. The summed E-state index contributed by atoms with van der Waals surface area (Å²) in [4.78, 5) is 33.2. The predicted octanol–water partition coefficient (Wildman–Crippen LogP) is 0.989. The Labute approximate surface area is 160 Å². The van der Waals surface area contributed by atoms with Crippen molar-refractivity contribution in [2.24, 2.45) is 0 Å². The number of fused-ring (bicyclic) bond motifs is 2. The second kappa shape index (κ2) is 6.80. The topological polar surface area (TPSA) is 56.3 Å². The zero-order chi connectivity index (χ0) is 19.2. The van der Waals surface area contributed by atoms with E-state index in [-0.39, 0.29) is 17.4 Å². The van der Waals surface area contributed by atoms with Gasteiger partial charge in [-0.05, 0) is 25.1 Å². The van der Waals surface area contributed by atoms with E-state index in [4.69, 9.17) is 4.74 Å². The van der Waals surface area contributed by atoms with Crippen molar-refractivity contribution in [1.82, 2.24) is 14.7 Å². The monoisotopic (exact) mass is 372 g/mol. The van der Waals surface area contributed by atoms with Crippen molar-refractivity contribution in [1.29, 1.82) is 0 Å². The molecule has 1 aromatic carbocycles. The molecule has 0 saturated carbocycles. The Morgan fingerprint density at radius 2 is 1.85 bits per heavy atom. The lowest BCUT2D eigenvalue weighted by Crippen LogP contribution is -2.50. The number of rotatable bonds is 1. The molecule has 1 aromatic rings. The minimum Gasteiger partial charge on any atom is -0.367 e. The average molecular weight is 372 g/mol. The van der Waals surface area contributed by atoms with Crippen LogP contribution >= 0.6 is 0 Å². The van der Waals surface area contributed by atoms with Crippen LogP contribution in [-0.2, 0) is 14.9 Å². The third-order valence-corrected chi connectivity index (χ3v) is 6.07. The minimum absolute atomic E-state index is 0.0341. The van der Waals surface area contributed by atoms with Crippen molar-refractivity contribution in [3.8, 4) is 0 Å². The number of ether oxygens (including phenoxy) is 1. The average Bonchev–Trinajstić information content (AvgIpc) is 3.24. The Morgan fingerprint density at radius 3 is 2.56 bits per heavy atom. The lowest BCUT2D eigenvalue weighted by atomic mass is 9.80. The molecule has 3 amide bonds. The van der Waals surface area contributed by atoms with Gasteiger partial charge in [0.05, 0.1) is 6.61 Å². The van der Waals surface area contributed by atoms with Gasteiger partial charge in [0.2, 0.25) is 0 Å². The Bertz CT molecular complexity index is 744. The Hall–Kier alpha value is -2.12. The molecule has 4 rings (SSSR count). The fourth-order valence-electron chi connectivity index (χ4n) is 4.46. The first-order chi connectivity index (χ1) is 12.9. The van der Waals surface area contributed by atoms with Gasteiger partial charge in [-0.2, -0.15) is 0 Å². The number of hydrogen-bond donors (Lipinski definition) is 0. The molecular formula is C20H28N4O3. The molecule has 2 atom stereocenters. The van der Waals surface area contributed by atoms with Crippen molar-refractivity contribution in [3.63, 3.8) is 0 Å². The lowest BCUT2D eigenvalue weighted by molar-refractivity contribution is -0.142. The van der Waals surface area contributed by atoms with Gasteiger partial charge in [0, 0.05) is 57.9 Å². The zero-order valence-corrected chi connectivity index (χ0v) is 16.4. The molecule has 7 heteroatoms. The highest BCUT2D eigenvalue weighted by Gasteiger charge is 2.52. The summed E-state index contributed by atoms with van der Waals surface area (Å²) in [6.45, 7) is 4.35. The summed E-state index contributed by atoms with van der Waals surface area (Å²) in [6, 6.07) is 7.98. The Morgan fingerprint density at radius 1 is 1.15 bits per heavy atom. The van der Waals surface area contributed by atoms with Crippen LogP contribution in [0.15, 0.2) is 24.3 Å². The van der Waals surface area contributed by atoms with Crippen LogP contribution in [0.1, 0.15) is 12.0 Å². The summed E-state index contributed by atoms with van der Waals surface area (Å²) in [6.07, 6.45) is 0.211. The molecule has 0 unspecified atom stereocenters. The number of carbonyl (C=O) groups is 2. The maximum absolute atomic E-state index is 13.0. The summed E-state index contributed by atoms with van der Waals surface area (Å²) in [5.41, 5.74) is 1.76. The van der Waals surface area contributed by atoms with Crippen LogP contribution in [0.2, 0.25) is 0 Å². The highest BCUT2D eigenvalue weighted by Crippen LogP contribution is 2.47. The third kappa shape index (κ3) is 3.08. The van der Waals surface area contributed by atoms with Gasteiger partial charge in [-0.15, -0.1) is 0 Å². The molecule has 146 valence electrons. The summed E-state index contributed by atoms with van der Waals surface area (Å²) in [5.74, 6) is 0.0924. The summed E-state index contributed by atoms with van der Waals surface area (Å²) >= 11 is 0. The molecule has 0 aliphatic carbocycles. The van der Waals surface area contributed by atoms with Gasteiger partial charge in [0.25, 0.3) is 5.91 Å². The van der Waals surface area contributed by atoms with Gasteiger partial charge < -0.3 is 19.4 Å². The first kappa shape index (κ1) is 18.3. The molecule has 3 aliphatic rings. The van der Waals surface area contributed by atoms with E-state index >= 15 is 0 Å². The number of piperazine rings is 1. The van der Waals surface area contributed by atoms with Crippen molar-refractivity contribution in [2.75, 3.05) is 65.4 Å². The van der Waals surface area contributed by atoms with E-state index in [9.17, 15) is 9.59 Å². The van der Waals surface area contributed by atoms with Crippen LogP contribution in [0, 0.1) is 0 Å². The fourth-order valence-corrected chi connectivity index (χ4v) is 4.46. The largest absolute Gasteiger partial charge is 0.367 e. The third-order valence-electron chi connectivity index (χ3n) is 6.07. The zero-order valence-electron chi connectivity index (χ0n) is 16.4. The fraction of sp³-hybridized carbons (Fsp3) is 0.600. The standard InChI is InChI=1S/C20H28N4O3/c1-21(2)19(26)24-13-20(15-6-4-5-7-16(15)24)12-17(27-14-20)18(25)23-10-8-22(3)9-11-23/h4-7,17H,8-14H2,1-3H3/t17-,20+/m1/s1. The molecular weight excluding hydrogens is 344 g/mol. The van der Waals surface area contributed by atoms with E-state index in [1.54, 1.807) is 19.0 Å². The van der Waals surface area contributed by atoms with E-state index in [2.05, 4.69) is 18.0 Å². The molecule has 27 heavy (non-hydrogen) atoms. The predicted molar refractivity (Wildman–Crippen MR) is 103 cm³/mol. The number of anilines is 1. The minimum atomic E-state index is -0.420. The number of amides is 3. The van der Waals surface area contributed by atoms with E-state index in [0.29, 0.717) is 19.6 Å². The first-order valence-electron chi connectivity index (χ1n) is 9.58. The van der Waals surface area contributed by atoms with Crippen LogP contribution in [0.25, 0.3) is 0 Å². The van der Waals surface area contributed by atoms with Crippen LogP contribution in [0.5, 0.6) is 0 Å². The van der Waals surface area contributed by atoms with Gasteiger partial charge in [0.1, 0.15) is 6.10 Å². The number of hydrogen-bond acceptors (Lipinski definition) is 4. The van der Waals surface area contributed by atoms with Gasteiger partial charge >= 0.3 is 6.03 Å². The molecule has 7 nitrogen and oxygen atoms in total. The second-order valence-electron chi connectivity index (χ2n) is 8.19. The first-order valence-corrected chi connectivity index (χ1v) is 9.58. The van der Waals surface area contributed by atoms with Crippen molar-refractivity contribution >= 4 is 17.6 Å². The number of urea groups is 1. The SMILES string of the molecule is CN1CCN(C(=O)[C@H]2C[C@@]3(CO2)CN(C(=O)N(C)C)c2ccccc23)CC1. The molecule has 2 saturated heterocycles. The van der Waals surface area contributed by atoms with Crippen LogP contribution < -0.4 is 4.90 Å². The summed E-state index contributed by atoms with van der Waals surface area (Å²) in [7, 11) is 5.61. The molecule has 2 fully saturated rings. The number of carbonyl (C=O) groups excluding carboxylic acids is 2. The van der Waals surface area contributed by atoms with Crippen molar-refractivity contribution in [2.45, 2.75) is 17.9 Å². The maximum Gasteiger partial charge on any atom is 0.323 e. The number of nitrogens with zero attached hydrogens (tertiary/aromatic N) is 4. The van der Waals surface area contributed by atoms with Gasteiger partial charge in [-0.1, -0.05) is 18.2 Å². The number of likely N-dealkylation sites (N-methyl/N-ethyl adjacent to an activating group) is 1. The smallest absolute Gasteiger partial charge is 0.323 e. The molecule has 0 N–H and O–H groups in total. The Balaban J connectivity index is 1.54. The number of benzene rings is 1. The molecule has 0 aromatic heterocycles. The quantitative estimate of drug-likeness (QED) is 0.738. The summed E-state index contributed by atoms with van der Waals surface area (Å²) in [5, 5.41) is 0. The van der Waals surface area contributed by atoms with E-state index < -0.39 is 6.10 Å². The summed E-state index contributed by atoms with van der Waals surface area (Å²) < 4.78 is 6.02. The van der Waals surface area contributed by atoms with Crippen LogP contribution in [-0.4, -0.2) is 93.2 Å². The maximum atomic E-state index is 13.0. The molecule has 1 spiro atoms. The van der Waals surface area contributed by atoms with Gasteiger partial charge in [0.15, 0.2) is 0 Å². The van der Waals surface area contributed by atoms with E-state index in [1.807, 2.05) is 28.0 Å². The van der Waals surface area contributed by atoms with E-state index in [0.717, 1.165) is 37.4 Å². The lowest BCUT2D eigenvalue weighted by Gasteiger charge is -2.33. The van der Waals surface area contributed by atoms with Crippen LogP contribution in [0.4, 0.5) is 10.5 Å². The van der Waals surface area contributed by atoms with Gasteiger partial charge in [-0.3, -0.25) is 9.69 Å². The molecule has 0 radical (unpaired) electrons. The highest BCUT2D eigenvalue weighted by atomic mass is 16.5. The van der Waals surface area contributed by atoms with Crippen LogP contribution in [0.3, 0.4) is 0 Å². The van der Waals surface area contributed by atoms with Crippen molar-refractivity contribution < 1.29 is 14.3 Å². The number of para-hydroxylation sites is 1.